The van der Waals surface area contributed by atoms with Crippen LogP contribution in [0, 0.1) is 6.92 Å². The summed E-state index contributed by atoms with van der Waals surface area (Å²) in [4.78, 5) is 0.294. The van der Waals surface area contributed by atoms with Crippen LogP contribution in [0.15, 0.2) is 53.4 Å². The minimum Gasteiger partial charge on any atom is -0.326 e. The molecule has 0 aliphatic heterocycles. The fourth-order valence-corrected chi connectivity index (χ4v) is 3.22. The Morgan fingerprint density at radius 2 is 1.75 bits per heavy atom. The van der Waals surface area contributed by atoms with Gasteiger partial charge in [0.25, 0.3) is 10.0 Å². The summed E-state index contributed by atoms with van der Waals surface area (Å²) in [6.45, 7) is 2.31. The molecule has 5 heteroatoms. The number of hydrogen-bond donors (Lipinski definition) is 1. The molecule has 2 aromatic rings. The summed E-state index contributed by atoms with van der Waals surface area (Å²) in [7, 11) is -1.98. The highest BCUT2D eigenvalue weighted by Crippen LogP contribution is 2.22. The van der Waals surface area contributed by atoms with E-state index in [1.807, 2.05) is 25.1 Å². The van der Waals surface area contributed by atoms with E-state index in [1.54, 1.807) is 37.4 Å². The lowest BCUT2D eigenvalue weighted by atomic mass is 10.2. The van der Waals surface area contributed by atoms with Crippen LogP contribution < -0.4 is 10.0 Å². The SMILES string of the molecule is Cc1cccc(S(=O)(=O)N(C)c2ccc(CN)cc2)c1. The summed E-state index contributed by atoms with van der Waals surface area (Å²) in [5.41, 5.74) is 8.03. The van der Waals surface area contributed by atoms with Crippen molar-refractivity contribution in [2.24, 2.45) is 5.73 Å². The summed E-state index contributed by atoms with van der Waals surface area (Å²) in [5, 5.41) is 0. The smallest absolute Gasteiger partial charge is 0.264 e. The fraction of sp³-hybridized carbons (Fsp3) is 0.200. The molecule has 0 bridgehead atoms. The Bertz CT molecular complexity index is 694. The molecule has 0 aromatic heterocycles. The third-order valence-electron chi connectivity index (χ3n) is 3.18. The molecule has 0 aliphatic carbocycles. The predicted octanol–water partition coefficient (Wildman–Crippen LogP) is 2.28. The second kappa shape index (κ2) is 5.64. The molecule has 0 saturated heterocycles. The molecule has 2 aromatic carbocycles. The zero-order valence-corrected chi connectivity index (χ0v) is 12.4. The highest BCUT2D eigenvalue weighted by atomic mass is 32.2. The largest absolute Gasteiger partial charge is 0.326 e. The van der Waals surface area contributed by atoms with Crippen LogP contribution in [0.2, 0.25) is 0 Å². The fourth-order valence-electron chi connectivity index (χ4n) is 1.91. The Morgan fingerprint density at radius 3 is 2.30 bits per heavy atom. The van der Waals surface area contributed by atoms with Gasteiger partial charge < -0.3 is 5.73 Å². The van der Waals surface area contributed by atoms with E-state index in [4.69, 9.17) is 5.73 Å². The van der Waals surface area contributed by atoms with E-state index in [2.05, 4.69) is 0 Å². The number of anilines is 1. The van der Waals surface area contributed by atoms with Crippen molar-refractivity contribution in [1.82, 2.24) is 0 Å². The number of rotatable bonds is 4. The summed E-state index contributed by atoms with van der Waals surface area (Å²) < 4.78 is 26.4. The molecule has 20 heavy (non-hydrogen) atoms. The van der Waals surface area contributed by atoms with Crippen LogP contribution in [0.3, 0.4) is 0 Å². The van der Waals surface area contributed by atoms with Gasteiger partial charge in [0.05, 0.1) is 10.6 Å². The number of nitrogens with two attached hydrogens (primary N) is 1. The summed E-state index contributed by atoms with van der Waals surface area (Å²) in [6.07, 6.45) is 0. The van der Waals surface area contributed by atoms with Gasteiger partial charge in [-0.3, -0.25) is 4.31 Å². The Balaban J connectivity index is 2.37. The predicted molar refractivity (Wildman–Crippen MR) is 81.1 cm³/mol. The van der Waals surface area contributed by atoms with E-state index in [0.717, 1.165) is 11.1 Å². The van der Waals surface area contributed by atoms with Gasteiger partial charge in [0.2, 0.25) is 0 Å². The Morgan fingerprint density at radius 1 is 1.10 bits per heavy atom. The number of benzene rings is 2. The highest BCUT2D eigenvalue weighted by molar-refractivity contribution is 7.92. The molecule has 106 valence electrons. The lowest BCUT2D eigenvalue weighted by molar-refractivity contribution is 0.594. The summed E-state index contributed by atoms with van der Waals surface area (Å²) in [6, 6.07) is 14.1. The average molecular weight is 290 g/mol. The molecule has 2 rings (SSSR count). The minimum absolute atomic E-state index is 0.294. The van der Waals surface area contributed by atoms with Gasteiger partial charge in [-0.1, -0.05) is 24.3 Å². The van der Waals surface area contributed by atoms with Crippen LogP contribution >= 0.6 is 0 Å². The molecule has 0 spiro atoms. The number of aryl methyl sites for hydroxylation is 1. The molecule has 0 aliphatic rings. The van der Waals surface area contributed by atoms with Gasteiger partial charge in [-0.2, -0.15) is 0 Å². The normalized spacial score (nSPS) is 11.3. The van der Waals surface area contributed by atoms with Crippen molar-refractivity contribution >= 4 is 15.7 Å². The van der Waals surface area contributed by atoms with Crippen LogP contribution in [-0.4, -0.2) is 15.5 Å². The summed E-state index contributed by atoms with van der Waals surface area (Å²) >= 11 is 0. The maximum Gasteiger partial charge on any atom is 0.264 e. The molecule has 0 atom stereocenters. The van der Waals surface area contributed by atoms with Crippen molar-refractivity contribution in [2.75, 3.05) is 11.4 Å². The van der Waals surface area contributed by atoms with Gasteiger partial charge in [0.1, 0.15) is 0 Å². The first-order valence-electron chi connectivity index (χ1n) is 6.30. The van der Waals surface area contributed by atoms with Crippen molar-refractivity contribution in [1.29, 1.82) is 0 Å². The lowest BCUT2D eigenvalue weighted by Gasteiger charge is -2.20. The van der Waals surface area contributed by atoms with Gasteiger partial charge >= 0.3 is 0 Å². The third kappa shape index (κ3) is 2.84. The van der Waals surface area contributed by atoms with Gasteiger partial charge in [-0.25, -0.2) is 8.42 Å². The van der Waals surface area contributed by atoms with Gasteiger partial charge in [-0.15, -0.1) is 0 Å². The first-order chi connectivity index (χ1) is 9.45. The Labute approximate surface area is 119 Å². The van der Waals surface area contributed by atoms with E-state index in [0.29, 0.717) is 17.1 Å². The van der Waals surface area contributed by atoms with Gasteiger partial charge in [-0.05, 0) is 42.3 Å². The molecular weight excluding hydrogens is 272 g/mol. The van der Waals surface area contributed by atoms with E-state index < -0.39 is 10.0 Å². The Kier molecular flexibility index (Phi) is 4.11. The lowest BCUT2D eigenvalue weighted by Crippen LogP contribution is -2.26. The van der Waals surface area contributed by atoms with Crippen LogP contribution in [-0.2, 0) is 16.6 Å². The molecule has 0 radical (unpaired) electrons. The standard InChI is InChI=1S/C15H18N2O2S/c1-12-4-3-5-15(10-12)20(18,19)17(2)14-8-6-13(11-16)7-9-14/h3-10H,11,16H2,1-2H3. The van der Waals surface area contributed by atoms with Crippen LogP contribution in [0.1, 0.15) is 11.1 Å². The maximum atomic E-state index is 12.5. The first kappa shape index (κ1) is 14.6. The number of nitrogens with zero attached hydrogens (tertiary/aromatic N) is 1. The van der Waals surface area contributed by atoms with Crippen molar-refractivity contribution in [3.05, 3.63) is 59.7 Å². The quantitative estimate of drug-likeness (QED) is 0.939. The van der Waals surface area contributed by atoms with Crippen LogP contribution in [0.4, 0.5) is 5.69 Å². The molecule has 0 fully saturated rings. The van der Waals surface area contributed by atoms with Gasteiger partial charge in [0, 0.05) is 13.6 Å². The Hall–Kier alpha value is -1.85. The van der Waals surface area contributed by atoms with Crippen molar-refractivity contribution in [3.63, 3.8) is 0 Å². The molecule has 2 N–H and O–H groups in total. The van der Waals surface area contributed by atoms with Crippen molar-refractivity contribution in [3.8, 4) is 0 Å². The number of sulfonamides is 1. The maximum absolute atomic E-state index is 12.5. The second-order valence-corrected chi connectivity index (χ2v) is 6.63. The minimum atomic E-state index is -3.53. The van der Waals surface area contributed by atoms with E-state index in [9.17, 15) is 8.42 Å². The van der Waals surface area contributed by atoms with Crippen LogP contribution in [0.25, 0.3) is 0 Å². The zero-order chi connectivity index (χ0) is 14.8. The van der Waals surface area contributed by atoms with E-state index in [1.165, 1.54) is 4.31 Å². The van der Waals surface area contributed by atoms with E-state index >= 15 is 0 Å². The van der Waals surface area contributed by atoms with Crippen LogP contribution in [0.5, 0.6) is 0 Å². The third-order valence-corrected chi connectivity index (χ3v) is 4.97. The summed E-state index contributed by atoms with van der Waals surface area (Å²) in [5.74, 6) is 0. The first-order valence-corrected chi connectivity index (χ1v) is 7.74. The van der Waals surface area contributed by atoms with E-state index in [-0.39, 0.29) is 0 Å². The molecule has 4 nitrogen and oxygen atoms in total. The monoisotopic (exact) mass is 290 g/mol. The molecule has 0 unspecified atom stereocenters. The highest BCUT2D eigenvalue weighted by Gasteiger charge is 2.21. The number of hydrogen-bond acceptors (Lipinski definition) is 3. The second-order valence-electron chi connectivity index (χ2n) is 4.66. The molecule has 0 saturated carbocycles. The average Bonchev–Trinajstić information content (AvgIpc) is 2.46. The molecular formula is C15H18N2O2S. The topological polar surface area (TPSA) is 63.4 Å². The molecule has 0 amide bonds. The zero-order valence-electron chi connectivity index (χ0n) is 11.6. The molecule has 0 heterocycles. The van der Waals surface area contributed by atoms with Gasteiger partial charge in [0.15, 0.2) is 0 Å². The van der Waals surface area contributed by atoms with Crippen molar-refractivity contribution < 1.29 is 8.42 Å². The van der Waals surface area contributed by atoms with Crippen molar-refractivity contribution in [2.45, 2.75) is 18.4 Å².